The minimum Gasteiger partial charge on any atom is -0.463 e. The lowest BCUT2D eigenvalue weighted by molar-refractivity contribution is 0.0492. The predicted molar refractivity (Wildman–Crippen MR) is 76.7 cm³/mol. The molecule has 0 amide bonds. The highest BCUT2D eigenvalue weighted by Crippen LogP contribution is 2.36. The van der Waals surface area contributed by atoms with Crippen LogP contribution in [0.3, 0.4) is 0 Å². The van der Waals surface area contributed by atoms with Gasteiger partial charge >= 0.3 is 0 Å². The van der Waals surface area contributed by atoms with Crippen LogP contribution in [0.4, 0.5) is 0 Å². The average molecular weight is 262 g/mol. The molecule has 0 spiro atoms. The van der Waals surface area contributed by atoms with Gasteiger partial charge in [-0.05, 0) is 56.7 Å². The molecule has 1 aromatic heterocycles. The fourth-order valence-electron chi connectivity index (χ4n) is 4.00. The largest absolute Gasteiger partial charge is 0.463 e. The molecule has 1 saturated heterocycles. The smallest absolute Gasteiger partial charge is 0.120 e. The molecular weight excluding hydrogens is 236 g/mol. The van der Waals surface area contributed by atoms with Crippen molar-refractivity contribution in [2.75, 3.05) is 6.54 Å². The van der Waals surface area contributed by atoms with Crippen molar-refractivity contribution in [1.29, 1.82) is 0 Å². The van der Waals surface area contributed by atoms with Crippen molar-refractivity contribution in [1.82, 2.24) is 4.90 Å². The van der Waals surface area contributed by atoms with Gasteiger partial charge in [-0.25, -0.2) is 0 Å². The van der Waals surface area contributed by atoms with Gasteiger partial charge in [0.1, 0.15) is 11.5 Å². The lowest BCUT2D eigenvalue weighted by Gasteiger charge is -2.43. The Balaban J connectivity index is 1.70. The molecule has 1 aliphatic heterocycles. The molecule has 0 unspecified atom stereocenters. The number of nitrogens with zero attached hydrogens (tertiary/aromatic N) is 1. The Labute approximate surface area is 116 Å². The minimum absolute atomic E-state index is 0.512. The van der Waals surface area contributed by atoms with Gasteiger partial charge in [0.25, 0.3) is 0 Å². The Kier molecular flexibility index (Phi) is 3.94. The highest BCUT2D eigenvalue weighted by molar-refractivity contribution is 5.20. The van der Waals surface area contributed by atoms with Crippen LogP contribution in [-0.4, -0.2) is 17.5 Å². The number of furan rings is 1. The van der Waals surface area contributed by atoms with E-state index in [1.807, 2.05) is 0 Å². The third kappa shape index (κ3) is 2.72. The fourth-order valence-corrected chi connectivity index (χ4v) is 4.00. The first-order valence-corrected chi connectivity index (χ1v) is 7.80. The van der Waals surface area contributed by atoms with Crippen LogP contribution < -0.4 is 5.73 Å². The molecule has 2 heterocycles. The number of piperidine rings is 1. The molecule has 3 heteroatoms. The first kappa shape index (κ1) is 13.2. The van der Waals surface area contributed by atoms with E-state index in [1.54, 1.807) is 0 Å². The van der Waals surface area contributed by atoms with E-state index >= 15 is 0 Å². The molecule has 1 saturated carbocycles. The monoisotopic (exact) mass is 262 g/mol. The summed E-state index contributed by atoms with van der Waals surface area (Å²) in [5.41, 5.74) is 6.90. The second-order valence-corrected chi connectivity index (χ2v) is 6.25. The number of nitrogens with two attached hydrogens (primary N) is 1. The lowest BCUT2D eigenvalue weighted by Crippen LogP contribution is -2.46. The molecule has 19 heavy (non-hydrogen) atoms. The van der Waals surface area contributed by atoms with Gasteiger partial charge < -0.3 is 10.2 Å². The maximum atomic E-state index is 5.88. The zero-order valence-corrected chi connectivity index (χ0v) is 12.0. The lowest BCUT2D eigenvalue weighted by atomic mass is 9.78. The van der Waals surface area contributed by atoms with Crippen molar-refractivity contribution in [2.45, 2.75) is 64.6 Å². The van der Waals surface area contributed by atoms with Crippen molar-refractivity contribution in [3.63, 3.8) is 0 Å². The summed E-state index contributed by atoms with van der Waals surface area (Å²) >= 11 is 0. The van der Waals surface area contributed by atoms with Crippen molar-refractivity contribution in [3.05, 3.63) is 23.2 Å². The number of aryl methyl sites for hydroxylation is 1. The standard InChI is InChI=1S/C16H26N2O/c1-12-9-14(19-16(12)10-17)11-18-8-4-6-13-5-2-3-7-15(13)18/h9,13,15H,2-8,10-11,17H2,1H3/t13-,15-/m1/s1. The molecule has 2 aliphatic rings. The summed E-state index contributed by atoms with van der Waals surface area (Å²) in [5, 5.41) is 0. The second kappa shape index (κ2) is 5.68. The number of hydrogen-bond acceptors (Lipinski definition) is 3. The van der Waals surface area contributed by atoms with Crippen molar-refractivity contribution in [3.8, 4) is 0 Å². The zero-order valence-electron chi connectivity index (χ0n) is 12.0. The van der Waals surface area contributed by atoms with E-state index in [4.69, 9.17) is 10.2 Å². The van der Waals surface area contributed by atoms with Gasteiger partial charge in [-0.3, -0.25) is 4.90 Å². The maximum Gasteiger partial charge on any atom is 0.120 e. The van der Waals surface area contributed by atoms with E-state index in [2.05, 4.69) is 17.9 Å². The first-order chi connectivity index (χ1) is 9.28. The maximum absolute atomic E-state index is 5.88. The second-order valence-electron chi connectivity index (χ2n) is 6.25. The number of rotatable bonds is 3. The van der Waals surface area contributed by atoms with Gasteiger partial charge in [0.2, 0.25) is 0 Å². The average Bonchev–Trinajstić information content (AvgIpc) is 2.79. The van der Waals surface area contributed by atoms with Gasteiger partial charge in [-0.2, -0.15) is 0 Å². The van der Waals surface area contributed by atoms with E-state index in [0.717, 1.165) is 30.0 Å². The molecular formula is C16H26N2O. The third-order valence-corrected chi connectivity index (χ3v) is 4.97. The summed E-state index contributed by atoms with van der Waals surface area (Å²) in [4.78, 5) is 2.66. The summed E-state index contributed by atoms with van der Waals surface area (Å²) in [6.07, 6.45) is 8.45. The van der Waals surface area contributed by atoms with Crippen molar-refractivity contribution >= 4 is 0 Å². The highest BCUT2D eigenvalue weighted by atomic mass is 16.3. The summed E-state index contributed by atoms with van der Waals surface area (Å²) in [6.45, 7) is 4.81. The summed E-state index contributed by atoms with van der Waals surface area (Å²) in [5.74, 6) is 2.99. The zero-order chi connectivity index (χ0) is 13.2. The van der Waals surface area contributed by atoms with E-state index in [-0.39, 0.29) is 0 Å². The molecule has 1 aliphatic carbocycles. The topological polar surface area (TPSA) is 42.4 Å². The Hall–Kier alpha value is -0.800. The Bertz CT molecular complexity index is 424. The van der Waals surface area contributed by atoms with Gasteiger partial charge in [-0.15, -0.1) is 0 Å². The van der Waals surface area contributed by atoms with Gasteiger partial charge in [-0.1, -0.05) is 12.8 Å². The summed E-state index contributed by atoms with van der Waals surface area (Å²) in [6, 6.07) is 2.98. The SMILES string of the molecule is Cc1cc(CN2CCC[C@H]3CCCC[C@H]32)oc1CN. The first-order valence-electron chi connectivity index (χ1n) is 7.80. The van der Waals surface area contributed by atoms with Crippen molar-refractivity contribution in [2.24, 2.45) is 11.7 Å². The molecule has 2 fully saturated rings. The van der Waals surface area contributed by atoms with E-state index in [0.29, 0.717) is 6.54 Å². The molecule has 3 rings (SSSR count). The quantitative estimate of drug-likeness (QED) is 0.909. The van der Waals surface area contributed by atoms with Crippen LogP contribution in [0.1, 0.15) is 55.6 Å². The van der Waals surface area contributed by atoms with Crippen LogP contribution in [0.2, 0.25) is 0 Å². The van der Waals surface area contributed by atoms with Gasteiger partial charge in [0, 0.05) is 6.04 Å². The van der Waals surface area contributed by atoms with Crippen LogP contribution in [0.25, 0.3) is 0 Å². The minimum atomic E-state index is 0.512. The Morgan fingerprint density at radius 2 is 2.05 bits per heavy atom. The van der Waals surface area contributed by atoms with Crippen LogP contribution >= 0.6 is 0 Å². The molecule has 2 N–H and O–H groups in total. The van der Waals surface area contributed by atoms with Crippen LogP contribution in [0.5, 0.6) is 0 Å². The normalized spacial score (nSPS) is 28.3. The number of fused-ring (bicyclic) bond motifs is 1. The molecule has 3 nitrogen and oxygen atoms in total. The predicted octanol–water partition coefficient (Wildman–Crippen LogP) is 3.20. The third-order valence-electron chi connectivity index (χ3n) is 4.97. The molecule has 0 aromatic carbocycles. The number of hydrogen-bond donors (Lipinski definition) is 1. The van der Waals surface area contributed by atoms with E-state index in [1.165, 1.54) is 50.6 Å². The molecule has 2 atom stereocenters. The molecule has 1 aromatic rings. The van der Waals surface area contributed by atoms with Crippen molar-refractivity contribution < 1.29 is 4.42 Å². The van der Waals surface area contributed by atoms with Gasteiger partial charge in [0.15, 0.2) is 0 Å². The van der Waals surface area contributed by atoms with Crippen LogP contribution in [0, 0.1) is 12.8 Å². The van der Waals surface area contributed by atoms with Crippen LogP contribution in [0.15, 0.2) is 10.5 Å². The molecule has 106 valence electrons. The number of likely N-dealkylation sites (tertiary alicyclic amines) is 1. The van der Waals surface area contributed by atoms with E-state index in [9.17, 15) is 0 Å². The molecule has 0 bridgehead atoms. The van der Waals surface area contributed by atoms with E-state index < -0.39 is 0 Å². The summed E-state index contributed by atoms with van der Waals surface area (Å²) in [7, 11) is 0. The highest BCUT2D eigenvalue weighted by Gasteiger charge is 2.33. The Morgan fingerprint density at radius 1 is 1.26 bits per heavy atom. The van der Waals surface area contributed by atoms with Gasteiger partial charge in [0.05, 0.1) is 13.1 Å². The van der Waals surface area contributed by atoms with Crippen LogP contribution in [-0.2, 0) is 13.1 Å². The fraction of sp³-hybridized carbons (Fsp3) is 0.750. The molecule has 0 radical (unpaired) electrons. The Morgan fingerprint density at radius 3 is 2.84 bits per heavy atom. The summed E-state index contributed by atoms with van der Waals surface area (Å²) < 4.78 is 5.88.